The molecule has 2 aromatic carbocycles. The summed E-state index contributed by atoms with van der Waals surface area (Å²) < 4.78 is 71.7. The Labute approximate surface area is 667 Å². The minimum Gasteiger partial charge on any atom is -0.457 e. The zero-order valence-electron chi connectivity index (χ0n) is 66.8. The van der Waals surface area contributed by atoms with Crippen LogP contribution in [0, 0.1) is 5.41 Å². The SMILES string of the molecule is C=C(COCOCC(C)(C)COCOCC(=O)NCCOCCOC(=O)O[C@]1(CC)C(=O)OCc2c1cc1n(c2=O)Cc2c-1nc1ccc(OC(=O)N3CCC(N4CCCCC4)CC3)cc1c2CC)CC(=O)O[C@]1(CC)C(=O)OCc2c1cc1n(c2=O)Cc2c-1nc1ccc(OC(=O)N3CCC(N4CCCCC4)CC3)cc1c2CC. The molecule has 3 amide bonds. The van der Waals surface area contributed by atoms with E-state index in [0.717, 1.165) is 84.9 Å². The summed E-state index contributed by atoms with van der Waals surface area (Å²) >= 11 is 0. The number of pyridine rings is 4. The number of cyclic esters (lactones) is 2. The quantitative estimate of drug-likeness (QED) is 0.0144. The monoisotopic (exact) mass is 1590 g/mol. The summed E-state index contributed by atoms with van der Waals surface area (Å²) in [5.74, 6) is -2.05. The molecular formula is C85H105N9O21. The van der Waals surface area contributed by atoms with Crippen LogP contribution in [0.1, 0.15) is 170 Å². The lowest BCUT2D eigenvalue weighted by molar-refractivity contribution is -0.189. The van der Waals surface area contributed by atoms with Gasteiger partial charge in [-0.25, -0.2) is 33.9 Å². The minimum atomic E-state index is -2.01. The van der Waals surface area contributed by atoms with Gasteiger partial charge in [0.05, 0.1) is 97.5 Å². The molecule has 0 unspecified atom stereocenters. The Balaban J connectivity index is 0.477. The zero-order valence-corrected chi connectivity index (χ0v) is 66.8. The standard InChI is InChI=1S/C85H105N9O21/c1-8-58-60-39-56(112-80(101)91-31-22-54(23-32-91)89-27-14-12-15-28-89)18-20-68(60)87-74-62(58)43-93-70(74)41-66-64(76(93)97)46-110-78(99)84(66,10-3)114-73(96)38-53(5)45-105-51-107-49-83(6,7)50-108-52-106-48-72(95)86-26-35-104-36-37-109-82(103)115-85(11-4)67-42-71-75-63(44-94(71)77(98)65(67)47-111-79(85)100)59(9-2)61-40-57(19-21-69(61)88-75)113-81(102)92-33-24-55(25-34-92)90-29-16-13-17-30-90/h18-21,39-42,54-55H,5,8-17,22-38,43-52H2,1-4,6-7H3,(H,86,95)/t84-,85-/m0/s1. The van der Waals surface area contributed by atoms with Crippen molar-refractivity contribution in [2.75, 3.05) is 119 Å². The molecule has 0 spiro atoms. The van der Waals surface area contributed by atoms with Crippen LogP contribution in [0.4, 0.5) is 14.4 Å². The number of benzene rings is 2. The number of nitrogens with one attached hydrogen (secondary N) is 1. The van der Waals surface area contributed by atoms with E-state index >= 15 is 0 Å². The number of amides is 3. The second kappa shape index (κ2) is 35.8. The van der Waals surface area contributed by atoms with Crippen molar-refractivity contribution in [2.45, 2.75) is 187 Å². The molecule has 4 aromatic heterocycles. The molecule has 30 nitrogen and oxygen atoms in total. The number of fused-ring (bicyclic) bond motifs is 10. The van der Waals surface area contributed by atoms with Gasteiger partial charge in [-0.2, -0.15) is 0 Å². The number of nitrogens with zero attached hydrogens (tertiary/aromatic N) is 8. The molecule has 8 aliphatic rings. The maximum absolute atomic E-state index is 14.5. The number of aryl methyl sites for hydroxylation is 2. The van der Waals surface area contributed by atoms with Crippen molar-refractivity contribution >= 4 is 64.0 Å². The van der Waals surface area contributed by atoms with Crippen molar-refractivity contribution in [2.24, 2.45) is 5.41 Å². The fourth-order valence-electron chi connectivity index (χ4n) is 17.6. The summed E-state index contributed by atoms with van der Waals surface area (Å²) in [6.07, 6.45) is 9.95. The Hall–Kier alpha value is -9.69. The van der Waals surface area contributed by atoms with E-state index in [-0.39, 0.29) is 152 Å². The summed E-state index contributed by atoms with van der Waals surface area (Å²) in [6, 6.07) is 15.1. The van der Waals surface area contributed by atoms with Gasteiger partial charge < -0.3 is 90.9 Å². The van der Waals surface area contributed by atoms with Crippen molar-refractivity contribution in [1.82, 2.24) is 44.0 Å². The maximum atomic E-state index is 14.5. The van der Waals surface area contributed by atoms with Crippen molar-refractivity contribution < 1.29 is 90.4 Å². The highest BCUT2D eigenvalue weighted by atomic mass is 16.7. The number of carbonyl (C=O) groups is 7. The van der Waals surface area contributed by atoms with Gasteiger partial charge in [0.15, 0.2) is 0 Å². The van der Waals surface area contributed by atoms with Crippen LogP contribution in [-0.2, 0) is 117 Å². The third kappa shape index (κ3) is 17.4. The first-order valence-corrected chi connectivity index (χ1v) is 40.7. The first kappa shape index (κ1) is 81.9. The second-order valence-corrected chi connectivity index (χ2v) is 31.8. The Bertz CT molecular complexity index is 4840. The second-order valence-electron chi connectivity index (χ2n) is 31.8. The van der Waals surface area contributed by atoms with Gasteiger partial charge in [0.1, 0.15) is 51.5 Å². The van der Waals surface area contributed by atoms with Gasteiger partial charge in [-0.15, -0.1) is 0 Å². The number of aromatic nitrogens is 4. The molecule has 4 saturated heterocycles. The Kier molecular flexibility index (Phi) is 25.5. The van der Waals surface area contributed by atoms with Crippen LogP contribution in [0.25, 0.3) is 44.6 Å². The smallest absolute Gasteiger partial charge is 0.457 e. The highest BCUT2D eigenvalue weighted by molar-refractivity contribution is 5.93. The number of piperidine rings is 4. The molecule has 0 radical (unpaired) electrons. The first-order valence-electron chi connectivity index (χ1n) is 40.7. The third-order valence-corrected chi connectivity index (χ3v) is 23.7. The fraction of sp³-hybridized carbons (Fsp3) is 0.565. The molecule has 30 heteroatoms. The van der Waals surface area contributed by atoms with E-state index in [1.165, 1.54) is 38.5 Å². The number of ether oxygens (including phenoxy) is 12. The largest absolute Gasteiger partial charge is 0.509 e. The number of hydrogen-bond donors (Lipinski definition) is 1. The molecule has 14 rings (SSSR count). The molecule has 1 N–H and O–H groups in total. The predicted molar refractivity (Wildman–Crippen MR) is 419 cm³/mol. The van der Waals surface area contributed by atoms with Crippen LogP contribution in [0.2, 0.25) is 0 Å². The summed E-state index contributed by atoms with van der Waals surface area (Å²) in [7, 11) is 0. The van der Waals surface area contributed by atoms with E-state index in [9.17, 15) is 43.2 Å². The molecular weight excluding hydrogens is 1480 g/mol. The van der Waals surface area contributed by atoms with Crippen LogP contribution in [-0.4, -0.2) is 212 Å². The van der Waals surface area contributed by atoms with Gasteiger partial charge in [0.25, 0.3) is 11.1 Å². The van der Waals surface area contributed by atoms with E-state index in [1.54, 1.807) is 63.1 Å². The molecule has 0 aliphatic carbocycles. The average molecular weight is 1590 g/mol. The summed E-state index contributed by atoms with van der Waals surface area (Å²) in [4.78, 5) is 142. The summed E-state index contributed by atoms with van der Waals surface area (Å²) in [5, 5.41) is 4.27. The van der Waals surface area contributed by atoms with Crippen molar-refractivity contribution in [3.05, 3.63) is 126 Å². The molecule has 6 aromatic rings. The van der Waals surface area contributed by atoms with Gasteiger partial charge in [-0.1, -0.05) is 61.0 Å². The molecule has 0 bridgehead atoms. The van der Waals surface area contributed by atoms with Gasteiger partial charge in [-0.3, -0.25) is 19.2 Å². The topological polar surface area (TPSA) is 325 Å². The van der Waals surface area contributed by atoms with E-state index in [2.05, 4.69) is 21.7 Å². The molecule has 115 heavy (non-hydrogen) atoms. The van der Waals surface area contributed by atoms with Crippen LogP contribution in [0.15, 0.2) is 70.3 Å². The Morgan fingerprint density at radius 3 is 1.50 bits per heavy atom. The summed E-state index contributed by atoms with van der Waals surface area (Å²) in [6.45, 7) is 21.5. The van der Waals surface area contributed by atoms with Crippen molar-refractivity contribution in [3.63, 3.8) is 0 Å². The van der Waals surface area contributed by atoms with Crippen LogP contribution < -0.4 is 25.9 Å². The molecule has 616 valence electrons. The summed E-state index contributed by atoms with van der Waals surface area (Å²) in [5.41, 5.74) is 2.72. The predicted octanol–water partition coefficient (Wildman–Crippen LogP) is 9.99. The third-order valence-electron chi connectivity index (χ3n) is 23.7. The van der Waals surface area contributed by atoms with Crippen LogP contribution >= 0.6 is 0 Å². The lowest BCUT2D eigenvalue weighted by atomic mass is 9.85. The van der Waals surface area contributed by atoms with Crippen LogP contribution in [0.3, 0.4) is 0 Å². The van der Waals surface area contributed by atoms with Gasteiger partial charge >= 0.3 is 36.2 Å². The molecule has 8 aliphatic heterocycles. The highest BCUT2D eigenvalue weighted by Gasteiger charge is 2.53. The van der Waals surface area contributed by atoms with E-state index in [0.29, 0.717) is 102 Å². The van der Waals surface area contributed by atoms with Crippen LogP contribution in [0.5, 0.6) is 11.5 Å². The van der Waals surface area contributed by atoms with Crippen molar-refractivity contribution in [3.8, 4) is 34.3 Å². The molecule has 0 saturated carbocycles. The van der Waals surface area contributed by atoms with Gasteiger partial charge in [0, 0.05) is 83.2 Å². The molecule has 2 atom stereocenters. The van der Waals surface area contributed by atoms with Gasteiger partial charge in [0.2, 0.25) is 17.1 Å². The average Bonchev–Trinajstić information content (AvgIpc) is 1.61. The number of rotatable bonds is 30. The Morgan fingerprint density at radius 2 is 1.03 bits per heavy atom. The Morgan fingerprint density at radius 1 is 0.557 bits per heavy atom. The van der Waals surface area contributed by atoms with E-state index in [4.69, 9.17) is 66.8 Å². The lowest BCUT2D eigenvalue weighted by Gasteiger charge is -2.39. The fourth-order valence-corrected chi connectivity index (χ4v) is 17.6. The maximum Gasteiger partial charge on any atom is 0.509 e. The normalized spacial score (nSPS) is 19.7. The first-order chi connectivity index (χ1) is 55.6. The number of hydrogen-bond acceptors (Lipinski definition) is 25. The van der Waals surface area contributed by atoms with Gasteiger partial charge in [-0.05, 0) is 168 Å². The van der Waals surface area contributed by atoms with E-state index in [1.807, 2.05) is 45.9 Å². The highest BCUT2D eigenvalue weighted by Crippen LogP contribution is 2.46. The number of esters is 3. The number of likely N-dealkylation sites (tertiary alicyclic amines) is 4. The van der Waals surface area contributed by atoms with E-state index < -0.39 is 52.1 Å². The zero-order chi connectivity index (χ0) is 80.7. The molecule has 4 fully saturated rings. The minimum absolute atomic E-state index is 0.0277. The van der Waals surface area contributed by atoms with Crippen molar-refractivity contribution in [1.29, 1.82) is 0 Å². The number of carbonyl (C=O) groups excluding carboxylic acids is 7. The lowest BCUT2D eigenvalue weighted by Crippen LogP contribution is -2.48. The molecule has 12 heterocycles.